The Bertz CT molecular complexity index is 523. The fourth-order valence-corrected chi connectivity index (χ4v) is 2.40. The van der Waals surface area contributed by atoms with Crippen molar-refractivity contribution in [3.05, 3.63) is 11.4 Å². The Morgan fingerprint density at radius 1 is 1.32 bits per heavy atom. The van der Waals surface area contributed by atoms with E-state index in [0.29, 0.717) is 19.4 Å². The lowest BCUT2D eigenvalue weighted by molar-refractivity contribution is -0.142. The molecular weight excluding hydrogens is 244 g/mol. The Labute approximate surface area is 112 Å². The van der Waals surface area contributed by atoms with E-state index in [9.17, 15) is 9.59 Å². The van der Waals surface area contributed by atoms with Crippen LogP contribution in [0, 0.1) is 12.3 Å². The van der Waals surface area contributed by atoms with E-state index in [1.165, 1.54) is 4.90 Å². The molecule has 1 fully saturated rings. The van der Waals surface area contributed by atoms with Crippen molar-refractivity contribution >= 4 is 11.8 Å². The summed E-state index contributed by atoms with van der Waals surface area (Å²) in [5.74, 6) is -0.180. The molecule has 0 radical (unpaired) electrons. The van der Waals surface area contributed by atoms with Crippen molar-refractivity contribution in [2.75, 3.05) is 0 Å². The Morgan fingerprint density at radius 2 is 2.00 bits per heavy atom. The van der Waals surface area contributed by atoms with Gasteiger partial charge in [0.15, 0.2) is 0 Å². The first kappa shape index (κ1) is 13.7. The third-order valence-electron chi connectivity index (χ3n) is 4.02. The number of carbonyl (C=O) groups is 2. The summed E-state index contributed by atoms with van der Waals surface area (Å²) < 4.78 is 1.73. The number of amides is 2. The molecule has 6 heteroatoms. The standard InChI is InChI=1S/C13H20N4O2/c1-5-13(4)7-11(18)16(12(13)19)8-10-9(3)14-15-17(10)6-2/h5-8H2,1-4H3. The summed E-state index contributed by atoms with van der Waals surface area (Å²) in [6.07, 6.45) is 0.980. The third kappa shape index (κ3) is 2.15. The van der Waals surface area contributed by atoms with E-state index in [1.807, 2.05) is 27.7 Å². The van der Waals surface area contributed by atoms with Gasteiger partial charge in [-0.1, -0.05) is 19.1 Å². The minimum Gasteiger partial charge on any atom is -0.276 e. The van der Waals surface area contributed by atoms with E-state index in [2.05, 4.69) is 10.3 Å². The molecule has 2 heterocycles. The smallest absolute Gasteiger partial charge is 0.235 e. The second kappa shape index (κ2) is 4.75. The van der Waals surface area contributed by atoms with Crippen LogP contribution in [0.15, 0.2) is 0 Å². The number of hydrogen-bond donors (Lipinski definition) is 0. The molecule has 1 aromatic rings. The van der Waals surface area contributed by atoms with Gasteiger partial charge >= 0.3 is 0 Å². The molecule has 6 nitrogen and oxygen atoms in total. The minimum atomic E-state index is -0.546. The van der Waals surface area contributed by atoms with Gasteiger partial charge in [0.05, 0.1) is 23.3 Å². The van der Waals surface area contributed by atoms with E-state index in [0.717, 1.165) is 11.4 Å². The Kier molecular flexibility index (Phi) is 3.43. The fourth-order valence-electron chi connectivity index (χ4n) is 2.40. The first-order chi connectivity index (χ1) is 8.92. The summed E-state index contributed by atoms with van der Waals surface area (Å²) in [6.45, 7) is 8.56. The van der Waals surface area contributed by atoms with Crippen LogP contribution in [0.5, 0.6) is 0 Å². The molecule has 2 rings (SSSR count). The van der Waals surface area contributed by atoms with E-state index < -0.39 is 5.41 Å². The summed E-state index contributed by atoms with van der Waals surface area (Å²) in [6, 6.07) is 0. The first-order valence-electron chi connectivity index (χ1n) is 6.66. The highest BCUT2D eigenvalue weighted by Crippen LogP contribution is 2.36. The summed E-state index contributed by atoms with van der Waals surface area (Å²) in [7, 11) is 0. The molecule has 1 unspecified atom stereocenters. The molecule has 0 saturated carbocycles. The lowest BCUT2D eigenvalue weighted by Crippen LogP contribution is -2.34. The van der Waals surface area contributed by atoms with Gasteiger partial charge in [0, 0.05) is 13.0 Å². The molecule has 0 spiro atoms. The topological polar surface area (TPSA) is 68.1 Å². The molecule has 19 heavy (non-hydrogen) atoms. The first-order valence-corrected chi connectivity index (χ1v) is 6.66. The van der Waals surface area contributed by atoms with Gasteiger partial charge in [-0.15, -0.1) is 5.10 Å². The zero-order chi connectivity index (χ0) is 14.2. The normalized spacial score (nSPS) is 23.5. The van der Waals surface area contributed by atoms with Crippen molar-refractivity contribution in [1.29, 1.82) is 0 Å². The number of hydrogen-bond acceptors (Lipinski definition) is 4. The van der Waals surface area contributed by atoms with Gasteiger partial charge in [-0.25, -0.2) is 4.68 Å². The molecule has 1 aromatic heterocycles. The highest BCUT2D eigenvalue weighted by molar-refractivity contribution is 6.05. The molecule has 0 aromatic carbocycles. The minimum absolute atomic E-state index is 0.0803. The largest absolute Gasteiger partial charge is 0.276 e. The zero-order valence-corrected chi connectivity index (χ0v) is 11.9. The van der Waals surface area contributed by atoms with Crippen LogP contribution in [0.4, 0.5) is 0 Å². The highest BCUT2D eigenvalue weighted by atomic mass is 16.2. The second-order valence-electron chi connectivity index (χ2n) is 5.31. The van der Waals surface area contributed by atoms with Gasteiger partial charge in [-0.2, -0.15) is 0 Å². The van der Waals surface area contributed by atoms with Crippen LogP contribution in [-0.2, 0) is 22.7 Å². The van der Waals surface area contributed by atoms with Gasteiger partial charge in [0.2, 0.25) is 11.8 Å². The van der Waals surface area contributed by atoms with Gasteiger partial charge in [-0.05, 0) is 20.3 Å². The van der Waals surface area contributed by atoms with Gasteiger partial charge in [-0.3, -0.25) is 14.5 Å². The van der Waals surface area contributed by atoms with Gasteiger partial charge in [0.1, 0.15) is 0 Å². The molecule has 2 amide bonds. The van der Waals surface area contributed by atoms with Crippen LogP contribution >= 0.6 is 0 Å². The van der Waals surface area contributed by atoms with E-state index in [1.54, 1.807) is 4.68 Å². The quantitative estimate of drug-likeness (QED) is 0.768. The predicted molar refractivity (Wildman–Crippen MR) is 69.0 cm³/mol. The monoisotopic (exact) mass is 264 g/mol. The maximum absolute atomic E-state index is 12.4. The number of rotatable bonds is 4. The zero-order valence-electron chi connectivity index (χ0n) is 11.9. The summed E-state index contributed by atoms with van der Waals surface area (Å²) >= 11 is 0. The highest BCUT2D eigenvalue weighted by Gasteiger charge is 2.47. The molecule has 1 aliphatic heterocycles. The summed E-state index contributed by atoms with van der Waals surface area (Å²) in [5.41, 5.74) is 1.06. The molecule has 0 bridgehead atoms. The number of aromatic nitrogens is 3. The fraction of sp³-hybridized carbons (Fsp3) is 0.692. The van der Waals surface area contributed by atoms with E-state index in [4.69, 9.17) is 0 Å². The maximum Gasteiger partial charge on any atom is 0.235 e. The number of aryl methyl sites for hydroxylation is 2. The molecule has 1 saturated heterocycles. The average Bonchev–Trinajstić information content (AvgIpc) is 2.84. The van der Waals surface area contributed by atoms with Crippen LogP contribution in [0.3, 0.4) is 0 Å². The molecule has 0 aliphatic carbocycles. The summed E-state index contributed by atoms with van der Waals surface area (Å²) in [5, 5.41) is 8.00. The van der Waals surface area contributed by atoms with Crippen molar-refractivity contribution in [3.8, 4) is 0 Å². The molecule has 1 atom stereocenters. The second-order valence-corrected chi connectivity index (χ2v) is 5.31. The van der Waals surface area contributed by atoms with Crippen molar-refractivity contribution < 1.29 is 9.59 Å². The average molecular weight is 264 g/mol. The lowest BCUT2D eigenvalue weighted by Gasteiger charge is -2.20. The van der Waals surface area contributed by atoms with Gasteiger partial charge < -0.3 is 0 Å². The Hall–Kier alpha value is -1.72. The van der Waals surface area contributed by atoms with E-state index in [-0.39, 0.29) is 18.4 Å². The third-order valence-corrected chi connectivity index (χ3v) is 4.02. The SMILES string of the molecule is CCn1nnc(C)c1CN1C(=O)CC(C)(CC)C1=O. The number of carbonyl (C=O) groups excluding carboxylic acids is 2. The van der Waals surface area contributed by atoms with Crippen molar-refractivity contribution in [1.82, 2.24) is 19.9 Å². The summed E-state index contributed by atoms with van der Waals surface area (Å²) in [4.78, 5) is 25.8. The maximum atomic E-state index is 12.4. The lowest BCUT2D eigenvalue weighted by atomic mass is 9.86. The van der Waals surface area contributed by atoms with Crippen LogP contribution in [0.25, 0.3) is 0 Å². The number of likely N-dealkylation sites (tertiary alicyclic amines) is 1. The Balaban J connectivity index is 2.27. The van der Waals surface area contributed by atoms with Gasteiger partial charge in [0.25, 0.3) is 0 Å². The van der Waals surface area contributed by atoms with Crippen LogP contribution in [0.2, 0.25) is 0 Å². The van der Waals surface area contributed by atoms with Crippen molar-refractivity contribution in [3.63, 3.8) is 0 Å². The number of nitrogens with zero attached hydrogens (tertiary/aromatic N) is 4. The van der Waals surface area contributed by atoms with Crippen LogP contribution < -0.4 is 0 Å². The number of imide groups is 1. The molecule has 1 aliphatic rings. The van der Waals surface area contributed by atoms with Crippen LogP contribution in [-0.4, -0.2) is 31.7 Å². The Morgan fingerprint density at radius 3 is 2.53 bits per heavy atom. The molecule has 104 valence electrons. The van der Waals surface area contributed by atoms with Crippen molar-refractivity contribution in [2.45, 2.75) is 53.6 Å². The molecule has 0 N–H and O–H groups in total. The van der Waals surface area contributed by atoms with Crippen LogP contribution in [0.1, 0.15) is 45.0 Å². The predicted octanol–water partition coefficient (Wildman–Crippen LogP) is 1.28. The van der Waals surface area contributed by atoms with Crippen molar-refractivity contribution in [2.24, 2.45) is 5.41 Å². The van der Waals surface area contributed by atoms with E-state index >= 15 is 0 Å². The molecular formula is C13H20N4O2.